The largest absolute Gasteiger partial charge is 0.496 e. The van der Waals surface area contributed by atoms with Gasteiger partial charge < -0.3 is 14.2 Å². The fraction of sp³-hybridized carbons (Fsp3) is 0.286. The highest BCUT2D eigenvalue weighted by Crippen LogP contribution is 2.41. The van der Waals surface area contributed by atoms with Crippen LogP contribution < -0.4 is 25.5 Å². The molecule has 1 heterocycles. The minimum Gasteiger partial charge on any atom is -0.496 e. The molecule has 0 aliphatic carbocycles. The van der Waals surface area contributed by atoms with E-state index in [1.54, 1.807) is 32.7 Å². The zero-order valence-corrected chi connectivity index (χ0v) is 12.5. The highest BCUT2D eigenvalue weighted by molar-refractivity contribution is 7.10. The summed E-state index contributed by atoms with van der Waals surface area (Å²) in [4.78, 5) is 0.970. The summed E-state index contributed by atoms with van der Waals surface area (Å²) < 4.78 is 16.2. The van der Waals surface area contributed by atoms with Crippen LogP contribution in [0.3, 0.4) is 0 Å². The molecule has 0 spiro atoms. The molecule has 0 amide bonds. The van der Waals surface area contributed by atoms with Crippen molar-refractivity contribution >= 4 is 11.3 Å². The second kappa shape index (κ2) is 6.60. The van der Waals surface area contributed by atoms with Crippen LogP contribution in [0.25, 0.3) is 0 Å². The van der Waals surface area contributed by atoms with Crippen molar-refractivity contribution in [3.05, 3.63) is 40.1 Å². The molecule has 0 saturated heterocycles. The standard InChI is InChI=1S/C14H18N2O3S/c1-17-9-5-4-6-10(18-2)12(9)13(16-15)14-11(19-3)7-8-20-14/h4-8,13,16H,15H2,1-3H3. The smallest absolute Gasteiger partial charge is 0.134 e. The van der Waals surface area contributed by atoms with Crippen LogP contribution in [0.2, 0.25) is 0 Å². The maximum absolute atomic E-state index is 5.76. The van der Waals surface area contributed by atoms with Gasteiger partial charge in [-0.05, 0) is 23.6 Å². The zero-order chi connectivity index (χ0) is 14.5. The first-order valence-corrected chi connectivity index (χ1v) is 6.93. The lowest BCUT2D eigenvalue weighted by atomic mass is 10.0. The van der Waals surface area contributed by atoms with E-state index in [0.717, 1.165) is 16.2 Å². The minimum atomic E-state index is -0.268. The minimum absolute atomic E-state index is 0.268. The molecule has 1 aromatic heterocycles. The number of thiophene rings is 1. The molecule has 2 aromatic rings. The molecule has 0 bridgehead atoms. The van der Waals surface area contributed by atoms with Crippen molar-refractivity contribution < 1.29 is 14.2 Å². The van der Waals surface area contributed by atoms with Crippen molar-refractivity contribution in [3.63, 3.8) is 0 Å². The SMILES string of the molecule is COc1ccsc1C(NN)c1c(OC)cccc1OC. The third-order valence-electron chi connectivity index (χ3n) is 3.06. The van der Waals surface area contributed by atoms with Crippen LogP contribution in [0.5, 0.6) is 17.2 Å². The Labute approximate surface area is 122 Å². The van der Waals surface area contributed by atoms with E-state index in [2.05, 4.69) is 5.43 Å². The van der Waals surface area contributed by atoms with Gasteiger partial charge in [0.1, 0.15) is 17.2 Å². The molecule has 5 nitrogen and oxygen atoms in total. The molecule has 0 radical (unpaired) electrons. The molecule has 108 valence electrons. The van der Waals surface area contributed by atoms with Gasteiger partial charge in [0.15, 0.2) is 0 Å². The highest BCUT2D eigenvalue weighted by Gasteiger charge is 2.25. The van der Waals surface area contributed by atoms with Gasteiger partial charge in [-0.1, -0.05) is 6.07 Å². The first-order chi connectivity index (χ1) is 9.76. The molecule has 1 atom stereocenters. The van der Waals surface area contributed by atoms with E-state index < -0.39 is 0 Å². The van der Waals surface area contributed by atoms with Gasteiger partial charge in [-0.25, -0.2) is 5.43 Å². The third-order valence-corrected chi connectivity index (χ3v) is 4.02. The lowest BCUT2D eigenvalue weighted by Gasteiger charge is -2.21. The summed E-state index contributed by atoms with van der Waals surface area (Å²) in [6, 6.07) is 7.27. The summed E-state index contributed by atoms with van der Waals surface area (Å²) in [5.74, 6) is 7.96. The molecule has 1 aromatic carbocycles. The fourth-order valence-corrected chi connectivity index (χ4v) is 3.07. The topological polar surface area (TPSA) is 65.7 Å². The van der Waals surface area contributed by atoms with Gasteiger partial charge in [0.25, 0.3) is 0 Å². The van der Waals surface area contributed by atoms with Crippen molar-refractivity contribution in [2.24, 2.45) is 5.84 Å². The van der Waals surface area contributed by atoms with Gasteiger partial charge in [-0.15, -0.1) is 11.3 Å². The molecule has 0 fully saturated rings. The Morgan fingerprint density at radius 1 is 1.00 bits per heavy atom. The molecule has 20 heavy (non-hydrogen) atoms. The molecule has 0 aliphatic rings. The van der Waals surface area contributed by atoms with Crippen LogP contribution >= 0.6 is 11.3 Å². The van der Waals surface area contributed by atoms with E-state index in [0.29, 0.717) is 11.5 Å². The average Bonchev–Trinajstić information content (AvgIpc) is 2.96. The molecule has 2 rings (SSSR count). The number of hydrogen-bond acceptors (Lipinski definition) is 6. The first-order valence-electron chi connectivity index (χ1n) is 6.05. The normalized spacial score (nSPS) is 12.0. The number of hydrogen-bond donors (Lipinski definition) is 2. The van der Waals surface area contributed by atoms with E-state index in [9.17, 15) is 0 Å². The van der Waals surface area contributed by atoms with E-state index in [4.69, 9.17) is 20.1 Å². The fourth-order valence-electron chi connectivity index (χ4n) is 2.14. The third kappa shape index (κ3) is 2.58. The molecule has 6 heteroatoms. The van der Waals surface area contributed by atoms with Crippen molar-refractivity contribution in [1.29, 1.82) is 0 Å². The Kier molecular flexibility index (Phi) is 4.84. The van der Waals surface area contributed by atoms with E-state index in [-0.39, 0.29) is 6.04 Å². The second-order valence-corrected chi connectivity index (χ2v) is 4.98. The Balaban J connectivity index is 2.57. The summed E-state index contributed by atoms with van der Waals surface area (Å²) in [5, 5.41) is 1.96. The van der Waals surface area contributed by atoms with Crippen molar-refractivity contribution in [2.45, 2.75) is 6.04 Å². The molecule has 0 saturated carbocycles. The van der Waals surface area contributed by atoms with Gasteiger partial charge >= 0.3 is 0 Å². The summed E-state index contributed by atoms with van der Waals surface area (Å²) in [6.07, 6.45) is 0. The predicted octanol–water partition coefficient (Wildman–Crippen LogP) is 2.33. The first kappa shape index (κ1) is 14.6. The van der Waals surface area contributed by atoms with Gasteiger partial charge in [0, 0.05) is 0 Å². The number of rotatable bonds is 6. The Hall–Kier alpha value is -1.76. The quantitative estimate of drug-likeness (QED) is 0.632. The molecule has 1 unspecified atom stereocenters. The van der Waals surface area contributed by atoms with Gasteiger partial charge in [0.2, 0.25) is 0 Å². The van der Waals surface area contributed by atoms with Crippen LogP contribution in [0.4, 0.5) is 0 Å². The second-order valence-electron chi connectivity index (χ2n) is 4.03. The number of nitrogens with one attached hydrogen (secondary N) is 1. The molecule has 3 N–H and O–H groups in total. The number of methoxy groups -OCH3 is 3. The van der Waals surface area contributed by atoms with Crippen LogP contribution in [0.15, 0.2) is 29.6 Å². The predicted molar refractivity (Wildman–Crippen MR) is 79.6 cm³/mol. The summed E-state index contributed by atoms with van der Waals surface area (Å²) in [6.45, 7) is 0. The van der Waals surface area contributed by atoms with Gasteiger partial charge in [0.05, 0.1) is 37.8 Å². The Bertz CT molecular complexity index is 549. The van der Waals surface area contributed by atoms with E-state index in [1.807, 2.05) is 29.6 Å². The van der Waals surface area contributed by atoms with Crippen molar-refractivity contribution in [3.8, 4) is 17.2 Å². The van der Waals surface area contributed by atoms with Gasteiger partial charge in [-0.2, -0.15) is 0 Å². The number of hydrazine groups is 1. The number of nitrogens with two attached hydrogens (primary N) is 1. The maximum Gasteiger partial charge on any atom is 0.134 e. The summed E-state index contributed by atoms with van der Waals surface area (Å²) in [7, 11) is 4.88. The van der Waals surface area contributed by atoms with Crippen LogP contribution in [0, 0.1) is 0 Å². The van der Waals surface area contributed by atoms with Gasteiger partial charge in [-0.3, -0.25) is 5.84 Å². The van der Waals surface area contributed by atoms with Crippen molar-refractivity contribution in [1.82, 2.24) is 5.43 Å². The number of ether oxygens (including phenoxy) is 3. The average molecular weight is 294 g/mol. The number of benzene rings is 1. The Morgan fingerprint density at radius 2 is 1.60 bits per heavy atom. The molecular formula is C14H18N2O3S. The summed E-state index contributed by atoms with van der Waals surface area (Å²) in [5.41, 5.74) is 3.66. The lowest BCUT2D eigenvalue weighted by molar-refractivity contribution is 0.374. The van der Waals surface area contributed by atoms with E-state index >= 15 is 0 Å². The molecular weight excluding hydrogens is 276 g/mol. The zero-order valence-electron chi connectivity index (χ0n) is 11.7. The maximum atomic E-state index is 5.76. The van der Waals surface area contributed by atoms with Crippen LogP contribution in [-0.4, -0.2) is 21.3 Å². The molecule has 0 aliphatic heterocycles. The monoisotopic (exact) mass is 294 g/mol. The van der Waals surface area contributed by atoms with Crippen molar-refractivity contribution in [2.75, 3.05) is 21.3 Å². The lowest BCUT2D eigenvalue weighted by Crippen LogP contribution is -2.29. The van der Waals surface area contributed by atoms with Crippen LogP contribution in [0.1, 0.15) is 16.5 Å². The van der Waals surface area contributed by atoms with Crippen LogP contribution in [-0.2, 0) is 0 Å². The summed E-state index contributed by atoms with van der Waals surface area (Å²) >= 11 is 1.56. The highest BCUT2D eigenvalue weighted by atomic mass is 32.1. The van der Waals surface area contributed by atoms with E-state index in [1.165, 1.54) is 0 Å². The Morgan fingerprint density at radius 3 is 2.10 bits per heavy atom.